The molecule has 0 spiro atoms. The van der Waals surface area contributed by atoms with Crippen LogP contribution in [-0.2, 0) is 6.54 Å². The number of nitrogens with zero attached hydrogens (tertiary/aromatic N) is 1. The van der Waals surface area contributed by atoms with Crippen LogP contribution in [0.25, 0.3) is 0 Å². The smallest absolute Gasteiger partial charge is 0.127 e. The van der Waals surface area contributed by atoms with Gasteiger partial charge in [-0.1, -0.05) is 25.1 Å². The van der Waals surface area contributed by atoms with Gasteiger partial charge in [-0.05, 0) is 46.3 Å². The van der Waals surface area contributed by atoms with E-state index < -0.39 is 0 Å². The molecule has 0 aliphatic rings. The highest BCUT2D eigenvalue weighted by atomic mass is 19.1. The Morgan fingerprint density at radius 1 is 1.26 bits per heavy atom. The van der Waals surface area contributed by atoms with Gasteiger partial charge in [-0.25, -0.2) is 4.39 Å². The number of rotatable bonds is 6. The molecule has 0 saturated heterocycles. The molecule has 108 valence electrons. The number of halogens is 1. The molecule has 3 heteroatoms. The summed E-state index contributed by atoms with van der Waals surface area (Å²) in [7, 11) is 2.04. The lowest BCUT2D eigenvalue weighted by Gasteiger charge is -2.26. The minimum atomic E-state index is -0.116. The second kappa shape index (κ2) is 7.01. The third-order valence-corrected chi connectivity index (χ3v) is 3.00. The van der Waals surface area contributed by atoms with Crippen molar-refractivity contribution >= 4 is 0 Å². The molecule has 1 aromatic rings. The molecule has 0 aromatic heterocycles. The van der Waals surface area contributed by atoms with Crippen LogP contribution in [0.2, 0.25) is 0 Å². The predicted molar refractivity (Wildman–Crippen MR) is 79.7 cm³/mol. The Bertz CT molecular complexity index is 385. The molecule has 0 aliphatic carbocycles. The Kier molecular flexibility index (Phi) is 5.95. The van der Waals surface area contributed by atoms with Gasteiger partial charge in [0.15, 0.2) is 0 Å². The van der Waals surface area contributed by atoms with Crippen molar-refractivity contribution in [2.24, 2.45) is 5.92 Å². The Morgan fingerprint density at radius 2 is 1.89 bits per heavy atom. The van der Waals surface area contributed by atoms with Gasteiger partial charge in [0.2, 0.25) is 0 Å². The Labute approximate surface area is 117 Å². The first-order valence-corrected chi connectivity index (χ1v) is 6.95. The number of nitrogens with one attached hydrogen (secondary N) is 1. The van der Waals surface area contributed by atoms with Crippen LogP contribution in [0.15, 0.2) is 24.3 Å². The average Bonchev–Trinajstić information content (AvgIpc) is 2.29. The van der Waals surface area contributed by atoms with Gasteiger partial charge in [0.05, 0.1) is 0 Å². The van der Waals surface area contributed by atoms with Crippen molar-refractivity contribution < 1.29 is 4.39 Å². The third-order valence-electron chi connectivity index (χ3n) is 3.00. The first kappa shape index (κ1) is 16.1. The van der Waals surface area contributed by atoms with E-state index in [2.05, 4.69) is 37.9 Å². The monoisotopic (exact) mass is 266 g/mol. The lowest BCUT2D eigenvalue weighted by atomic mass is 10.1. The van der Waals surface area contributed by atoms with Gasteiger partial charge in [0.25, 0.3) is 0 Å². The van der Waals surface area contributed by atoms with Crippen LogP contribution in [0.3, 0.4) is 0 Å². The molecule has 0 amide bonds. The highest BCUT2D eigenvalue weighted by Gasteiger charge is 2.13. The first-order valence-electron chi connectivity index (χ1n) is 6.95. The molecule has 0 bridgehead atoms. The molecule has 0 fully saturated rings. The lowest BCUT2D eigenvalue weighted by Crippen LogP contribution is -2.40. The van der Waals surface area contributed by atoms with Gasteiger partial charge in [-0.15, -0.1) is 0 Å². The highest BCUT2D eigenvalue weighted by Crippen LogP contribution is 2.10. The maximum absolute atomic E-state index is 13.6. The van der Waals surface area contributed by atoms with Gasteiger partial charge in [-0.2, -0.15) is 0 Å². The summed E-state index contributed by atoms with van der Waals surface area (Å²) in [6, 6.07) is 6.99. The van der Waals surface area contributed by atoms with E-state index in [0.717, 1.165) is 18.7 Å². The van der Waals surface area contributed by atoms with E-state index in [0.29, 0.717) is 12.5 Å². The topological polar surface area (TPSA) is 15.3 Å². The number of benzene rings is 1. The standard InChI is InChI=1S/C16H27FN2/c1-13(10-18-16(2,3)4)11-19(5)12-14-8-6-7-9-15(14)17/h6-9,13,18H,10-12H2,1-5H3. The normalized spacial score (nSPS) is 13.8. The third kappa shape index (κ3) is 6.69. The van der Waals surface area contributed by atoms with Crippen molar-refractivity contribution in [1.29, 1.82) is 0 Å². The fraction of sp³-hybridized carbons (Fsp3) is 0.625. The van der Waals surface area contributed by atoms with Crippen LogP contribution in [0.1, 0.15) is 33.3 Å². The molecule has 0 radical (unpaired) electrons. The molecule has 0 saturated carbocycles. The van der Waals surface area contributed by atoms with E-state index >= 15 is 0 Å². The van der Waals surface area contributed by atoms with Gasteiger partial charge in [0.1, 0.15) is 5.82 Å². The molecule has 1 unspecified atom stereocenters. The minimum Gasteiger partial charge on any atom is -0.312 e. The largest absolute Gasteiger partial charge is 0.312 e. The predicted octanol–water partition coefficient (Wildman–Crippen LogP) is 3.28. The number of hydrogen-bond donors (Lipinski definition) is 1. The summed E-state index contributed by atoms with van der Waals surface area (Å²) in [5.41, 5.74) is 0.916. The van der Waals surface area contributed by atoms with Gasteiger partial charge in [0, 0.05) is 24.2 Å². The van der Waals surface area contributed by atoms with E-state index in [1.165, 1.54) is 6.07 Å². The maximum Gasteiger partial charge on any atom is 0.127 e. The maximum atomic E-state index is 13.6. The number of hydrogen-bond acceptors (Lipinski definition) is 2. The molecule has 19 heavy (non-hydrogen) atoms. The average molecular weight is 266 g/mol. The molecule has 0 aliphatic heterocycles. The molecular weight excluding hydrogens is 239 g/mol. The summed E-state index contributed by atoms with van der Waals surface area (Å²) in [4.78, 5) is 2.17. The summed E-state index contributed by atoms with van der Waals surface area (Å²) in [5, 5.41) is 3.50. The van der Waals surface area contributed by atoms with Crippen LogP contribution >= 0.6 is 0 Å². The molecule has 1 N–H and O–H groups in total. The first-order chi connectivity index (χ1) is 8.78. The Morgan fingerprint density at radius 3 is 2.47 bits per heavy atom. The summed E-state index contributed by atoms with van der Waals surface area (Å²) < 4.78 is 13.6. The summed E-state index contributed by atoms with van der Waals surface area (Å²) >= 11 is 0. The van der Waals surface area contributed by atoms with E-state index in [-0.39, 0.29) is 11.4 Å². The van der Waals surface area contributed by atoms with Crippen molar-refractivity contribution in [2.45, 2.75) is 39.8 Å². The molecule has 1 aromatic carbocycles. The van der Waals surface area contributed by atoms with Crippen LogP contribution < -0.4 is 5.32 Å². The van der Waals surface area contributed by atoms with Crippen molar-refractivity contribution in [1.82, 2.24) is 10.2 Å². The quantitative estimate of drug-likeness (QED) is 0.850. The van der Waals surface area contributed by atoms with Gasteiger partial charge in [-0.3, -0.25) is 0 Å². The van der Waals surface area contributed by atoms with E-state index in [9.17, 15) is 4.39 Å². The van der Waals surface area contributed by atoms with Gasteiger partial charge >= 0.3 is 0 Å². The fourth-order valence-corrected chi connectivity index (χ4v) is 2.06. The van der Waals surface area contributed by atoms with Crippen molar-refractivity contribution in [3.63, 3.8) is 0 Å². The lowest BCUT2D eigenvalue weighted by molar-refractivity contribution is 0.259. The second-order valence-corrected chi connectivity index (χ2v) is 6.52. The second-order valence-electron chi connectivity index (χ2n) is 6.52. The summed E-state index contributed by atoms with van der Waals surface area (Å²) in [6.45, 7) is 11.3. The van der Waals surface area contributed by atoms with E-state index in [1.54, 1.807) is 6.07 Å². The zero-order valence-electron chi connectivity index (χ0n) is 12.8. The van der Waals surface area contributed by atoms with Crippen molar-refractivity contribution in [3.8, 4) is 0 Å². The minimum absolute atomic E-state index is 0.116. The molecule has 1 atom stereocenters. The molecule has 1 rings (SSSR count). The summed E-state index contributed by atoms with van der Waals surface area (Å²) in [6.07, 6.45) is 0. The molecule has 2 nitrogen and oxygen atoms in total. The summed E-state index contributed by atoms with van der Waals surface area (Å²) in [5.74, 6) is 0.422. The molecular formula is C16H27FN2. The van der Waals surface area contributed by atoms with Crippen molar-refractivity contribution in [2.75, 3.05) is 20.1 Å². The van der Waals surface area contributed by atoms with Crippen LogP contribution in [0.5, 0.6) is 0 Å². The van der Waals surface area contributed by atoms with Crippen LogP contribution in [0.4, 0.5) is 4.39 Å². The Balaban J connectivity index is 2.39. The van der Waals surface area contributed by atoms with Gasteiger partial charge < -0.3 is 10.2 Å². The Hall–Kier alpha value is -0.930. The van der Waals surface area contributed by atoms with Crippen molar-refractivity contribution in [3.05, 3.63) is 35.6 Å². The van der Waals surface area contributed by atoms with Crippen LogP contribution in [0, 0.1) is 11.7 Å². The zero-order valence-corrected chi connectivity index (χ0v) is 12.8. The zero-order chi connectivity index (χ0) is 14.5. The van der Waals surface area contributed by atoms with E-state index in [4.69, 9.17) is 0 Å². The highest BCUT2D eigenvalue weighted by molar-refractivity contribution is 5.16. The fourth-order valence-electron chi connectivity index (χ4n) is 2.06. The molecule has 0 heterocycles. The van der Waals surface area contributed by atoms with E-state index in [1.807, 2.05) is 19.2 Å². The van der Waals surface area contributed by atoms with Crippen LogP contribution in [-0.4, -0.2) is 30.6 Å². The SMILES string of the molecule is CC(CNC(C)(C)C)CN(C)Cc1ccccc1F.